The molecule has 0 aromatic carbocycles. The minimum atomic E-state index is -2.96. The second-order valence-electron chi connectivity index (χ2n) is 4.08. The van der Waals surface area contributed by atoms with Crippen molar-refractivity contribution in [3.63, 3.8) is 0 Å². The summed E-state index contributed by atoms with van der Waals surface area (Å²) in [6.45, 7) is 6.50. The third-order valence-electron chi connectivity index (χ3n) is 2.95. The number of hydrogen-bond donors (Lipinski definition) is 0. The first-order chi connectivity index (χ1) is 5.79. The van der Waals surface area contributed by atoms with Gasteiger partial charge in [0, 0.05) is 17.4 Å². The van der Waals surface area contributed by atoms with Crippen LogP contribution < -0.4 is 0 Å². The van der Waals surface area contributed by atoms with Gasteiger partial charge in [0.25, 0.3) is 0 Å². The van der Waals surface area contributed by atoms with Crippen LogP contribution >= 0.6 is 0 Å². The zero-order valence-corrected chi connectivity index (χ0v) is 9.56. The summed E-state index contributed by atoms with van der Waals surface area (Å²) in [5.41, 5.74) is 0. The average Bonchev–Trinajstić information content (AvgIpc) is 2.01. The van der Waals surface area contributed by atoms with Crippen molar-refractivity contribution in [1.82, 2.24) is 0 Å². The molecule has 0 saturated carbocycles. The second-order valence-corrected chi connectivity index (χ2v) is 8.16. The van der Waals surface area contributed by atoms with Gasteiger partial charge in [-0.3, -0.25) is 0 Å². The molecule has 0 bridgehead atoms. The molecule has 0 N–H and O–H groups in total. The second kappa shape index (κ2) is 3.89. The molecule has 0 spiro atoms. The molecule has 0 aromatic heterocycles. The molecular formula is C9H15FN2Si. The van der Waals surface area contributed by atoms with E-state index in [1.54, 1.807) is 26.9 Å². The van der Waals surface area contributed by atoms with Crippen LogP contribution in [0.5, 0.6) is 0 Å². The molecule has 0 aromatic rings. The lowest BCUT2D eigenvalue weighted by Gasteiger charge is -2.36. The highest BCUT2D eigenvalue weighted by molar-refractivity contribution is 6.73. The van der Waals surface area contributed by atoms with Crippen LogP contribution in [0, 0.1) is 28.6 Å². The molecule has 2 nitrogen and oxygen atoms in total. The standard InChI is InChI=1S/C9H15FN2Si/c1-8(7-12)9(2,5-6-11)13(3,4)10/h8H,5H2,1-4H3. The summed E-state index contributed by atoms with van der Waals surface area (Å²) in [5.74, 6) is -0.404. The predicted molar refractivity (Wildman–Crippen MR) is 52.0 cm³/mol. The molecule has 2 atom stereocenters. The molecule has 0 aliphatic rings. The highest BCUT2D eigenvalue weighted by atomic mass is 28.4. The van der Waals surface area contributed by atoms with Gasteiger partial charge in [-0.25, -0.2) is 0 Å². The Morgan fingerprint density at radius 2 is 1.92 bits per heavy atom. The highest BCUT2D eigenvalue weighted by Crippen LogP contribution is 2.48. The summed E-state index contributed by atoms with van der Waals surface area (Å²) in [6.07, 6.45) is 0.122. The minimum absolute atomic E-state index is 0.122. The van der Waals surface area contributed by atoms with Gasteiger partial charge < -0.3 is 4.11 Å². The van der Waals surface area contributed by atoms with Gasteiger partial charge in [-0.1, -0.05) is 6.92 Å². The van der Waals surface area contributed by atoms with Crippen molar-refractivity contribution in [2.45, 2.75) is 38.4 Å². The van der Waals surface area contributed by atoms with Crippen molar-refractivity contribution in [2.75, 3.05) is 0 Å². The van der Waals surface area contributed by atoms with E-state index in [-0.39, 0.29) is 6.42 Å². The molecule has 0 fully saturated rings. The first kappa shape index (κ1) is 12.1. The van der Waals surface area contributed by atoms with Crippen LogP contribution in [0.15, 0.2) is 0 Å². The van der Waals surface area contributed by atoms with Crippen molar-refractivity contribution in [3.8, 4) is 12.1 Å². The summed E-state index contributed by atoms with van der Waals surface area (Å²) in [6, 6.07) is 4.01. The number of hydrogen-bond acceptors (Lipinski definition) is 2. The number of nitriles is 2. The Kier molecular flexibility index (Phi) is 3.63. The largest absolute Gasteiger partial charge is 0.314 e. The molecule has 0 heterocycles. The molecule has 0 amide bonds. The fraction of sp³-hybridized carbons (Fsp3) is 0.778. The lowest BCUT2D eigenvalue weighted by molar-refractivity contribution is 0.447. The predicted octanol–water partition coefficient (Wildman–Crippen LogP) is 2.99. The molecule has 0 radical (unpaired) electrons. The van der Waals surface area contributed by atoms with Crippen molar-refractivity contribution in [3.05, 3.63) is 0 Å². The molecule has 13 heavy (non-hydrogen) atoms. The Hall–Kier alpha value is -0.873. The van der Waals surface area contributed by atoms with Crippen LogP contribution in [0.3, 0.4) is 0 Å². The fourth-order valence-corrected chi connectivity index (χ4v) is 2.78. The topological polar surface area (TPSA) is 47.6 Å². The van der Waals surface area contributed by atoms with Crippen LogP contribution in [-0.4, -0.2) is 8.41 Å². The third-order valence-corrected chi connectivity index (χ3v) is 6.28. The first-order valence-corrected chi connectivity index (χ1v) is 7.13. The van der Waals surface area contributed by atoms with E-state index in [1.807, 2.05) is 12.1 Å². The van der Waals surface area contributed by atoms with Gasteiger partial charge in [0.1, 0.15) is 0 Å². The molecule has 0 aliphatic heterocycles. The maximum atomic E-state index is 13.9. The van der Waals surface area contributed by atoms with E-state index in [2.05, 4.69) is 0 Å². The Morgan fingerprint density at radius 1 is 1.46 bits per heavy atom. The zero-order chi connectivity index (χ0) is 10.7. The number of nitrogens with zero attached hydrogens (tertiary/aromatic N) is 2. The molecule has 0 rings (SSSR count). The van der Waals surface area contributed by atoms with E-state index in [4.69, 9.17) is 10.5 Å². The van der Waals surface area contributed by atoms with Crippen LogP contribution in [-0.2, 0) is 0 Å². The lowest BCUT2D eigenvalue weighted by atomic mass is 9.93. The molecule has 0 aliphatic carbocycles. The lowest BCUT2D eigenvalue weighted by Crippen LogP contribution is -2.40. The monoisotopic (exact) mass is 198 g/mol. The maximum Gasteiger partial charge on any atom is 0.249 e. The van der Waals surface area contributed by atoms with Gasteiger partial charge in [0.15, 0.2) is 0 Å². The summed E-state index contributed by atoms with van der Waals surface area (Å²) in [7, 11) is -2.96. The summed E-state index contributed by atoms with van der Waals surface area (Å²) >= 11 is 0. The van der Waals surface area contributed by atoms with Gasteiger partial charge >= 0.3 is 0 Å². The highest BCUT2D eigenvalue weighted by Gasteiger charge is 2.48. The summed E-state index contributed by atoms with van der Waals surface area (Å²) < 4.78 is 13.9. The van der Waals surface area contributed by atoms with Crippen molar-refractivity contribution >= 4 is 8.41 Å². The third kappa shape index (κ3) is 2.29. The zero-order valence-electron chi connectivity index (χ0n) is 8.56. The van der Waals surface area contributed by atoms with E-state index in [9.17, 15) is 4.11 Å². The Balaban J connectivity index is 5.00. The van der Waals surface area contributed by atoms with E-state index >= 15 is 0 Å². The number of halogens is 1. The van der Waals surface area contributed by atoms with E-state index in [0.717, 1.165) is 0 Å². The maximum absolute atomic E-state index is 13.9. The van der Waals surface area contributed by atoms with E-state index < -0.39 is 19.4 Å². The molecule has 0 saturated heterocycles. The Bertz CT molecular complexity index is 258. The van der Waals surface area contributed by atoms with Crippen LogP contribution in [0.1, 0.15) is 20.3 Å². The number of rotatable bonds is 3. The average molecular weight is 198 g/mol. The van der Waals surface area contributed by atoms with Gasteiger partial charge in [-0.05, 0) is 20.0 Å². The molecule has 72 valence electrons. The minimum Gasteiger partial charge on any atom is -0.314 e. The van der Waals surface area contributed by atoms with E-state index in [0.29, 0.717) is 0 Å². The summed E-state index contributed by atoms with van der Waals surface area (Å²) in [4.78, 5) is 0. The Morgan fingerprint density at radius 3 is 2.15 bits per heavy atom. The van der Waals surface area contributed by atoms with Crippen molar-refractivity contribution < 1.29 is 4.11 Å². The normalized spacial score (nSPS) is 18.1. The Labute approximate surface area is 80.2 Å². The van der Waals surface area contributed by atoms with E-state index in [1.165, 1.54) is 0 Å². The first-order valence-electron chi connectivity index (χ1n) is 4.25. The van der Waals surface area contributed by atoms with Gasteiger partial charge in [0.2, 0.25) is 8.41 Å². The van der Waals surface area contributed by atoms with Crippen LogP contribution in [0.4, 0.5) is 4.11 Å². The SMILES string of the molecule is CC(C#N)C(C)(CC#N)[Si](C)(C)F. The smallest absolute Gasteiger partial charge is 0.249 e. The van der Waals surface area contributed by atoms with Crippen molar-refractivity contribution in [1.29, 1.82) is 10.5 Å². The van der Waals surface area contributed by atoms with Crippen LogP contribution in [0.2, 0.25) is 18.1 Å². The van der Waals surface area contributed by atoms with Crippen molar-refractivity contribution in [2.24, 2.45) is 5.92 Å². The molecule has 2 unspecified atom stereocenters. The molecular weight excluding hydrogens is 183 g/mol. The van der Waals surface area contributed by atoms with Gasteiger partial charge in [-0.2, -0.15) is 10.5 Å². The summed E-state index contributed by atoms with van der Waals surface area (Å²) in [5, 5.41) is 16.6. The fourth-order valence-electron chi connectivity index (χ4n) is 1.18. The van der Waals surface area contributed by atoms with Gasteiger partial charge in [-0.15, -0.1) is 0 Å². The van der Waals surface area contributed by atoms with Gasteiger partial charge in [0.05, 0.1) is 12.1 Å². The quantitative estimate of drug-likeness (QED) is 0.517. The van der Waals surface area contributed by atoms with Crippen LogP contribution in [0.25, 0.3) is 0 Å². The molecule has 4 heteroatoms.